The molecule has 2 aliphatic rings. The average molecular weight is 474 g/mol. The molecule has 1 unspecified atom stereocenters. The zero-order valence-electron chi connectivity index (χ0n) is 15.8. The molecular weight excluding hydrogens is 443 g/mol. The van der Waals surface area contributed by atoms with E-state index in [9.17, 15) is 0 Å². The Balaban J connectivity index is 0.00000243. The molecule has 0 saturated carbocycles. The van der Waals surface area contributed by atoms with Crippen LogP contribution in [-0.2, 0) is 4.74 Å². The summed E-state index contributed by atoms with van der Waals surface area (Å²) >= 11 is 0. The molecule has 6 nitrogen and oxygen atoms in total. The van der Waals surface area contributed by atoms with Gasteiger partial charge in [0.15, 0.2) is 5.96 Å². The highest BCUT2D eigenvalue weighted by atomic mass is 127. The van der Waals surface area contributed by atoms with Gasteiger partial charge in [-0.15, -0.1) is 24.0 Å². The summed E-state index contributed by atoms with van der Waals surface area (Å²) in [6, 6.07) is 8.29. The molecule has 3 rings (SSSR count). The fourth-order valence-corrected chi connectivity index (χ4v) is 3.39. The highest BCUT2D eigenvalue weighted by Gasteiger charge is 2.21. The summed E-state index contributed by atoms with van der Waals surface area (Å²) in [6.45, 7) is 8.56. The van der Waals surface area contributed by atoms with E-state index >= 15 is 0 Å². The molecule has 2 saturated heterocycles. The molecule has 0 bridgehead atoms. The van der Waals surface area contributed by atoms with Gasteiger partial charge in [-0.25, -0.2) is 0 Å². The summed E-state index contributed by atoms with van der Waals surface area (Å²) in [5.41, 5.74) is 1.22. The van der Waals surface area contributed by atoms with Gasteiger partial charge in [-0.2, -0.15) is 0 Å². The van der Waals surface area contributed by atoms with Gasteiger partial charge in [0.25, 0.3) is 0 Å². The largest absolute Gasteiger partial charge is 0.497 e. The van der Waals surface area contributed by atoms with Gasteiger partial charge in [-0.05, 0) is 31.9 Å². The summed E-state index contributed by atoms with van der Waals surface area (Å²) in [5.74, 6) is 1.93. The number of anilines is 1. The molecular formula is C19H31IN4O2. The van der Waals surface area contributed by atoms with Crippen LogP contribution in [0.4, 0.5) is 5.69 Å². The molecule has 0 aliphatic carbocycles. The van der Waals surface area contributed by atoms with Crippen molar-refractivity contribution in [1.82, 2.24) is 10.2 Å². The van der Waals surface area contributed by atoms with E-state index in [1.807, 2.05) is 12.1 Å². The molecule has 146 valence electrons. The smallest absolute Gasteiger partial charge is 0.194 e. The summed E-state index contributed by atoms with van der Waals surface area (Å²) < 4.78 is 11.0. The molecule has 2 fully saturated rings. The van der Waals surface area contributed by atoms with Gasteiger partial charge in [-0.1, -0.05) is 6.07 Å². The third-order valence-corrected chi connectivity index (χ3v) is 4.80. The lowest BCUT2D eigenvalue weighted by Crippen LogP contribution is -2.52. The van der Waals surface area contributed by atoms with Crippen molar-refractivity contribution in [2.24, 2.45) is 4.99 Å². The summed E-state index contributed by atoms with van der Waals surface area (Å²) in [7, 11) is 1.71. The zero-order chi connectivity index (χ0) is 17.5. The first kappa shape index (κ1) is 21.1. The quantitative estimate of drug-likeness (QED) is 0.404. The van der Waals surface area contributed by atoms with Crippen LogP contribution < -0.4 is 15.0 Å². The summed E-state index contributed by atoms with van der Waals surface area (Å²) in [4.78, 5) is 9.57. The first-order valence-electron chi connectivity index (χ1n) is 9.34. The highest BCUT2D eigenvalue weighted by molar-refractivity contribution is 14.0. The predicted molar refractivity (Wildman–Crippen MR) is 117 cm³/mol. The maximum atomic E-state index is 5.69. The minimum absolute atomic E-state index is 0. The van der Waals surface area contributed by atoms with Gasteiger partial charge in [0.05, 0.1) is 19.8 Å². The molecule has 7 heteroatoms. The molecule has 1 aromatic carbocycles. The SMILES string of the molecule is CCNC(=NCC1CCCO1)N1CCN(c2cccc(OC)c2)CC1.I. The van der Waals surface area contributed by atoms with Crippen molar-refractivity contribution >= 4 is 35.6 Å². The number of nitrogens with zero attached hydrogens (tertiary/aromatic N) is 3. The third-order valence-electron chi connectivity index (χ3n) is 4.80. The monoisotopic (exact) mass is 474 g/mol. The molecule has 1 atom stereocenters. The number of hydrogen-bond donors (Lipinski definition) is 1. The first-order valence-corrected chi connectivity index (χ1v) is 9.34. The Labute approximate surface area is 173 Å². The first-order chi connectivity index (χ1) is 12.3. The van der Waals surface area contributed by atoms with Crippen LogP contribution in [0.25, 0.3) is 0 Å². The zero-order valence-corrected chi connectivity index (χ0v) is 18.1. The number of nitrogens with one attached hydrogen (secondary N) is 1. The number of guanidine groups is 1. The number of benzene rings is 1. The number of rotatable bonds is 5. The lowest BCUT2D eigenvalue weighted by atomic mass is 10.2. The Bertz CT molecular complexity index is 570. The number of hydrogen-bond acceptors (Lipinski definition) is 4. The molecule has 0 aromatic heterocycles. The Kier molecular flexibility index (Phi) is 8.77. The van der Waals surface area contributed by atoms with Gasteiger partial charge in [0, 0.05) is 51.1 Å². The van der Waals surface area contributed by atoms with Crippen LogP contribution in [0.3, 0.4) is 0 Å². The van der Waals surface area contributed by atoms with Crippen molar-refractivity contribution in [3.05, 3.63) is 24.3 Å². The van der Waals surface area contributed by atoms with E-state index in [0.29, 0.717) is 6.10 Å². The Morgan fingerprint density at radius 1 is 1.31 bits per heavy atom. The lowest BCUT2D eigenvalue weighted by Gasteiger charge is -2.37. The minimum Gasteiger partial charge on any atom is -0.497 e. The second-order valence-electron chi connectivity index (χ2n) is 6.51. The maximum Gasteiger partial charge on any atom is 0.194 e. The molecule has 2 aliphatic heterocycles. The third kappa shape index (κ3) is 5.64. The molecule has 0 spiro atoms. The molecule has 1 N–H and O–H groups in total. The number of ether oxygens (including phenoxy) is 2. The van der Waals surface area contributed by atoms with Crippen molar-refractivity contribution in [1.29, 1.82) is 0 Å². The van der Waals surface area contributed by atoms with E-state index < -0.39 is 0 Å². The van der Waals surface area contributed by atoms with Gasteiger partial charge < -0.3 is 24.6 Å². The fraction of sp³-hybridized carbons (Fsp3) is 0.632. The van der Waals surface area contributed by atoms with Crippen LogP contribution in [0.15, 0.2) is 29.3 Å². The van der Waals surface area contributed by atoms with Gasteiger partial charge in [-0.3, -0.25) is 4.99 Å². The normalized spacial score (nSPS) is 20.7. The lowest BCUT2D eigenvalue weighted by molar-refractivity contribution is 0.117. The Morgan fingerprint density at radius 2 is 2.12 bits per heavy atom. The average Bonchev–Trinajstić information content (AvgIpc) is 3.19. The van der Waals surface area contributed by atoms with Gasteiger partial charge >= 0.3 is 0 Å². The van der Waals surface area contributed by atoms with E-state index in [1.165, 1.54) is 5.69 Å². The second-order valence-corrected chi connectivity index (χ2v) is 6.51. The fourth-order valence-electron chi connectivity index (χ4n) is 3.39. The van der Waals surface area contributed by atoms with E-state index in [-0.39, 0.29) is 24.0 Å². The molecule has 2 heterocycles. The van der Waals surface area contributed by atoms with Crippen LogP contribution in [0.1, 0.15) is 19.8 Å². The number of methoxy groups -OCH3 is 1. The number of halogens is 1. The van der Waals surface area contributed by atoms with Crippen LogP contribution in [-0.4, -0.2) is 69.9 Å². The van der Waals surface area contributed by atoms with Crippen LogP contribution in [0, 0.1) is 0 Å². The van der Waals surface area contributed by atoms with Crippen molar-refractivity contribution < 1.29 is 9.47 Å². The Morgan fingerprint density at radius 3 is 2.77 bits per heavy atom. The van der Waals surface area contributed by atoms with Crippen LogP contribution in [0.5, 0.6) is 5.75 Å². The van der Waals surface area contributed by atoms with E-state index in [0.717, 1.165) is 70.4 Å². The number of piperazine rings is 1. The molecule has 0 radical (unpaired) electrons. The van der Waals surface area contributed by atoms with Gasteiger partial charge in [0.1, 0.15) is 5.75 Å². The topological polar surface area (TPSA) is 49.3 Å². The standard InChI is InChI=1S/C19H30N4O2.HI/c1-3-20-19(21-15-18-8-5-13-25-18)23-11-9-22(10-12-23)16-6-4-7-17(14-16)24-2;/h4,6-7,14,18H,3,5,8-13,15H2,1-2H3,(H,20,21);1H. The predicted octanol–water partition coefficient (Wildman–Crippen LogP) is 2.58. The van der Waals surface area contributed by atoms with Crippen molar-refractivity contribution in [2.45, 2.75) is 25.9 Å². The minimum atomic E-state index is 0. The summed E-state index contributed by atoms with van der Waals surface area (Å²) in [5, 5.41) is 3.43. The van der Waals surface area contributed by atoms with E-state index in [1.54, 1.807) is 7.11 Å². The second kappa shape index (κ2) is 10.8. The van der Waals surface area contributed by atoms with Crippen LogP contribution >= 0.6 is 24.0 Å². The maximum absolute atomic E-state index is 5.69. The van der Waals surface area contributed by atoms with E-state index in [4.69, 9.17) is 14.5 Å². The van der Waals surface area contributed by atoms with Gasteiger partial charge in [0.2, 0.25) is 0 Å². The molecule has 1 aromatic rings. The highest BCUT2D eigenvalue weighted by Crippen LogP contribution is 2.22. The number of aliphatic imine (C=N–C) groups is 1. The Hall–Kier alpha value is -1.22. The van der Waals surface area contributed by atoms with Crippen molar-refractivity contribution in [3.8, 4) is 5.75 Å². The molecule has 0 amide bonds. The van der Waals surface area contributed by atoms with E-state index in [2.05, 4.69) is 34.2 Å². The summed E-state index contributed by atoms with van der Waals surface area (Å²) in [6.07, 6.45) is 2.59. The molecule has 26 heavy (non-hydrogen) atoms. The van der Waals surface area contributed by atoms with Crippen molar-refractivity contribution in [3.63, 3.8) is 0 Å². The van der Waals surface area contributed by atoms with Crippen LogP contribution in [0.2, 0.25) is 0 Å². The van der Waals surface area contributed by atoms with Crippen molar-refractivity contribution in [2.75, 3.05) is 57.9 Å².